The molecule has 0 spiro atoms. The van der Waals surface area contributed by atoms with Crippen molar-refractivity contribution in [1.82, 2.24) is 9.97 Å². The summed E-state index contributed by atoms with van der Waals surface area (Å²) in [6.45, 7) is 1.53. The molecule has 4 nitrogen and oxygen atoms in total. The number of pyridine rings is 2. The van der Waals surface area contributed by atoms with Gasteiger partial charge in [-0.05, 0) is 35.7 Å². The summed E-state index contributed by atoms with van der Waals surface area (Å²) in [7, 11) is 0. The van der Waals surface area contributed by atoms with Crippen LogP contribution in [0.3, 0.4) is 0 Å². The molecule has 3 rings (SSSR count). The van der Waals surface area contributed by atoms with Crippen molar-refractivity contribution in [2.45, 2.75) is 13.0 Å². The van der Waals surface area contributed by atoms with Crippen molar-refractivity contribution in [3.8, 4) is 6.07 Å². The van der Waals surface area contributed by atoms with Crippen LogP contribution in [0.5, 0.6) is 0 Å². The highest BCUT2D eigenvalue weighted by Gasteiger charge is 2.10. The molecule has 0 radical (unpaired) electrons. The van der Waals surface area contributed by atoms with E-state index in [1.165, 1.54) is 5.56 Å². The van der Waals surface area contributed by atoms with E-state index in [1.54, 1.807) is 12.3 Å². The molecule has 0 bridgehead atoms. The van der Waals surface area contributed by atoms with E-state index in [0.717, 1.165) is 24.3 Å². The van der Waals surface area contributed by atoms with E-state index in [4.69, 9.17) is 5.26 Å². The Balaban J connectivity index is 1.81. The molecule has 0 aliphatic heterocycles. The first-order valence-corrected chi connectivity index (χ1v) is 7.90. The number of rotatable bonds is 6. The Labute approximate surface area is 142 Å². The third-order valence-electron chi connectivity index (χ3n) is 3.78. The largest absolute Gasteiger partial charge is 0.352 e. The van der Waals surface area contributed by atoms with Crippen LogP contribution in [0.1, 0.15) is 16.8 Å². The van der Waals surface area contributed by atoms with Crippen LogP contribution in [0, 0.1) is 11.3 Å². The Kier molecular flexibility index (Phi) is 5.16. The monoisotopic (exact) mass is 314 g/mol. The van der Waals surface area contributed by atoms with Crippen LogP contribution in [-0.4, -0.2) is 16.5 Å². The molecule has 0 atom stereocenters. The SMILES string of the molecule is N#Cc1cccc(N(CCc2ccccc2)Cc2cccnc2)n1. The first kappa shape index (κ1) is 15.7. The Morgan fingerprint density at radius 2 is 1.75 bits per heavy atom. The standard InChI is InChI=1S/C20H18N4/c21-14-19-9-4-10-20(23-19)24(16-18-8-5-12-22-15-18)13-11-17-6-2-1-3-7-17/h1-10,12,15H,11,13,16H2. The van der Waals surface area contributed by atoms with Crippen LogP contribution >= 0.6 is 0 Å². The number of aromatic nitrogens is 2. The molecular formula is C20H18N4. The molecule has 0 amide bonds. The maximum Gasteiger partial charge on any atom is 0.142 e. The lowest BCUT2D eigenvalue weighted by molar-refractivity contribution is 0.765. The summed E-state index contributed by atoms with van der Waals surface area (Å²) in [5, 5.41) is 9.10. The van der Waals surface area contributed by atoms with Crippen molar-refractivity contribution in [2.24, 2.45) is 0 Å². The fraction of sp³-hybridized carbons (Fsp3) is 0.150. The minimum atomic E-state index is 0.434. The number of benzene rings is 1. The summed E-state index contributed by atoms with van der Waals surface area (Å²) in [5.41, 5.74) is 2.84. The summed E-state index contributed by atoms with van der Waals surface area (Å²) in [4.78, 5) is 10.8. The molecule has 118 valence electrons. The van der Waals surface area contributed by atoms with Gasteiger partial charge in [0.05, 0.1) is 0 Å². The van der Waals surface area contributed by atoms with Gasteiger partial charge in [-0.2, -0.15) is 5.26 Å². The lowest BCUT2D eigenvalue weighted by Gasteiger charge is -2.24. The van der Waals surface area contributed by atoms with E-state index in [9.17, 15) is 0 Å². The highest BCUT2D eigenvalue weighted by molar-refractivity contribution is 5.42. The lowest BCUT2D eigenvalue weighted by atomic mass is 10.1. The molecule has 2 aromatic heterocycles. The molecule has 0 saturated carbocycles. The van der Waals surface area contributed by atoms with Crippen LogP contribution < -0.4 is 4.90 Å². The van der Waals surface area contributed by atoms with Crippen LogP contribution in [0.15, 0.2) is 73.1 Å². The average Bonchev–Trinajstić information content (AvgIpc) is 2.67. The fourth-order valence-electron chi connectivity index (χ4n) is 2.56. The van der Waals surface area contributed by atoms with Gasteiger partial charge in [-0.1, -0.05) is 42.5 Å². The van der Waals surface area contributed by atoms with Gasteiger partial charge < -0.3 is 4.90 Å². The molecule has 2 heterocycles. The van der Waals surface area contributed by atoms with Crippen LogP contribution in [-0.2, 0) is 13.0 Å². The van der Waals surface area contributed by atoms with Crippen molar-refractivity contribution in [2.75, 3.05) is 11.4 Å². The van der Waals surface area contributed by atoms with Gasteiger partial charge in [0.25, 0.3) is 0 Å². The Hall–Kier alpha value is -3.19. The summed E-state index contributed by atoms with van der Waals surface area (Å²) in [5.74, 6) is 0.814. The zero-order valence-corrected chi connectivity index (χ0v) is 13.3. The van der Waals surface area contributed by atoms with Crippen molar-refractivity contribution >= 4 is 5.82 Å². The van der Waals surface area contributed by atoms with Gasteiger partial charge in [0, 0.05) is 25.5 Å². The van der Waals surface area contributed by atoms with E-state index < -0.39 is 0 Å². The minimum Gasteiger partial charge on any atom is -0.352 e. The molecule has 0 aliphatic carbocycles. The highest BCUT2D eigenvalue weighted by atomic mass is 15.2. The number of hydrogen-bond donors (Lipinski definition) is 0. The Morgan fingerprint density at radius 1 is 0.917 bits per heavy atom. The van der Waals surface area contributed by atoms with Gasteiger partial charge in [-0.15, -0.1) is 0 Å². The molecule has 0 fully saturated rings. The molecule has 3 aromatic rings. The molecule has 1 aromatic carbocycles. The van der Waals surface area contributed by atoms with E-state index in [0.29, 0.717) is 12.2 Å². The quantitative estimate of drug-likeness (QED) is 0.697. The van der Waals surface area contributed by atoms with E-state index in [-0.39, 0.29) is 0 Å². The summed E-state index contributed by atoms with van der Waals surface area (Å²) >= 11 is 0. The van der Waals surface area contributed by atoms with Crippen molar-refractivity contribution in [3.05, 3.63) is 89.9 Å². The third kappa shape index (κ3) is 4.17. The van der Waals surface area contributed by atoms with E-state index in [1.807, 2.05) is 30.5 Å². The van der Waals surface area contributed by atoms with Gasteiger partial charge in [-0.3, -0.25) is 4.98 Å². The molecule has 24 heavy (non-hydrogen) atoms. The minimum absolute atomic E-state index is 0.434. The van der Waals surface area contributed by atoms with E-state index in [2.05, 4.69) is 51.3 Å². The second-order valence-corrected chi connectivity index (χ2v) is 5.51. The van der Waals surface area contributed by atoms with Gasteiger partial charge in [0.15, 0.2) is 0 Å². The first-order chi connectivity index (χ1) is 11.8. The maximum absolute atomic E-state index is 9.10. The van der Waals surface area contributed by atoms with Crippen molar-refractivity contribution in [3.63, 3.8) is 0 Å². The topological polar surface area (TPSA) is 52.8 Å². The van der Waals surface area contributed by atoms with Crippen molar-refractivity contribution in [1.29, 1.82) is 5.26 Å². The zero-order valence-electron chi connectivity index (χ0n) is 13.3. The van der Waals surface area contributed by atoms with Crippen LogP contribution in [0.2, 0.25) is 0 Å². The molecule has 4 heteroatoms. The predicted molar refractivity (Wildman–Crippen MR) is 94.4 cm³/mol. The number of nitriles is 1. The number of anilines is 1. The highest BCUT2D eigenvalue weighted by Crippen LogP contribution is 2.16. The molecule has 0 aliphatic rings. The summed E-state index contributed by atoms with van der Waals surface area (Å²) < 4.78 is 0. The summed E-state index contributed by atoms with van der Waals surface area (Å²) in [6, 6.07) is 22.0. The molecule has 0 saturated heterocycles. The smallest absolute Gasteiger partial charge is 0.142 e. The Morgan fingerprint density at radius 3 is 2.50 bits per heavy atom. The third-order valence-corrected chi connectivity index (χ3v) is 3.78. The summed E-state index contributed by atoms with van der Waals surface area (Å²) in [6.07, 6.45) is 4.55. The fourth-order valence-corrected chi connectivity index (χ4v) is 2.56. The van der Waals surface area contributed by atoms with Crippen LogP contribution in [0.25, 0.3) is 0 Å². The zero-order chi connectivity index (χ0) is 16.6. The van der Waals surface area contributed by atoms with Gasteiger partial charge in [0.1, 0.15) is 17.6 Å². The van der Waals surface area contributed by atoms with Crippen LogP contribution in [0.4, 0.5) is 5.82 Å². The Bertz CT molecular complexity index is 810. The second-order valence-electron chi connectivity index (χ2n) is 5.51. The number of nitrogens with zero attached hydrogens (tertiary/aromatic N) is 4. The first-order valence-electron chi connectivity index (χ1n) is 7.90. The predicted octanol–water partition coefficient (Wildman–Crippen LogP) is 3.60. The van der Waals surface area contributed by atoms with Gasteiger partial charge >= 0.3 is 0 Å². The average molecular weight is 314 g/mol. The van der Waals surface area contributed by atoms with Gasteiger partial charge in [0.2, 0.25) is 0 Å². The van der Waals surface area contributed by atoms with Gasteiger partial charge in [-0.25, -0.2) is 4.98 Å². The van der Waals surface area contributed by atoms with E-state index >= 15 is 0 Å². The molecule has 0 N–H and O–H groups in total. The maximum atomic E-state index is 9.10. The molecular weight excluding hydrogens is 296 g/mol. The second kappa shape index (κ2) is 7.89. The lowest BCUT2D eigenvalue weighted by Crippen LogP contribution is -2.26. The number of hydrogen-bond acceptors (Lipinski definition) is 4. The normalized spacial score (nSPS) is 10.1. The van der Waals surface area contributed by atoms with Crippen molar-refractivity contribution < 1.29 is 0 Å². The molecule has 0 unspecified atom stereocenters.